The highest BCUT2D eigenvalue weighted by atomic mass is 16.5. The van der Waals surface area contributed by atoms with E-state index in [0.29, 0.717) is 6.61 Å². The maximum absolute atomic E-state index is 11.7. The lowest BCUT2D eigenvalue weighted by molar-refractivity contribution is -0.147. The molecule has 0 aliphatic carbocycles. The Bertz CT molecular complexity index is 411. The third kappa shape index (κ3) is 2.41. The Labute approximate surface area is 96.6 Å². The number of aromatic nitrogens is 3. The van der Waals surface area contributed by atoms with Crippen LogP contribution in [0.15, 0.2) is 12.7 Å². The second-order valence-electron chi connectivity index (χ2n) is 3.83. The lowest BCUT2D eigenvalue weighted by atomic mass is 9.99. The molecule has 0 radical (unpaired) electrons. The Morgan fingerprint density at radius 1 is 1.59 bits per heavy atom. The fraction of sp³-hybridized carbons (Fsp3) is 0.556. The minimum Gasteiger partial charge on any atom is -0.479 e. The molecule has 8 nitrogen and oxygen atoms in total. The predicted molar refractivity (Wildman–Crippen MR) is 54.0 cm³/mol. The van der Waals surface area contributed by atoms with E-state index in [2.05, 4.69) is 15.4 Å². The molecule has 0 bridgehead atoms. The van der Waals surface area contributed by atoms with Crippen molar-refractivity contribution in [1.82, 2.24) is 20.1 Å². The van der Waals surface area contributed by atoms with Crippen LogP contribution in [0.4, 0.5) is 0 Å². The topological polar surface area (TPSA) is 106 Å². The normalized spacial score (nSPS) is 23.5. The maximum Gasteiger partial charge on any atom is 0.331 e. The number of aliphatic carboxylic acids is 1. The first kappa shape index (κ1) is 11.5. The van der Waals surface area contributed by atoms with E-state index in [1.54, 1.807) is 0 Å². The van der Waals surface area contributed by atoms with Gasteiger partial charge in [0.15, 0.2) is 5.54 Å². The molecule has 0 saturated carbocycles. The van der Waals surface area contributed by atoms with Crippen molar-refractivity contribution in [2.24, 2.45) is 0 Å². The summed E-state index contributed by atoms with van der Waals surface area (Å²) in [5.41, 5.74) is -1.31. The third-order valence-corrected chi connectivity index (χ3v) is 2.58. The molecular weight excluding hydrogens is 228 g/mol. The van der Waals surface area contributed by atoms with Crippen molar-refractivity contribution < 1.29 is 19.4 Å². The number of hydrogen-bond donors (Lipinski definition) is 2. The van der Waals surface area contributed by atoms with Gasteiger partial charge < -0.3 is 15.2 Å². The van der Waals surface area contributed by atoms with Crippen LogP contribution in [0.3, 0.4) is 0 Å². The van der Waals surface area contributed by atoms with Gasteiger partial charge in [-0.3, -0.25) is 4.79 Å². The smallest absolute Gasteiger partial charge is 0.331 e. The Balaban J connectivity index is 1.99. The molecule has 1 atom stereocenters. The number of carboxylic acids is 1. The molecule has 1 fully saturated rings. The Hall–Kier alpha value is -1.96. The number of nitrogens with zero attached hydrogens (tertiary/aromatic N) is 3. The zero-order valence-electron chi connectivity index (χ0n) is 9.00. The fourth-order valence-electron chi connectivity index (χ4n) is 1.65. The summed E-state index contributed by atoms with van der Waals surface area (Å²) >= 11 is 0. The molecule has 1 aromatic heterocycles. The van der Waals surface area contributed by atoms with E-state index >= 15 is 0 Å². The largest absolute Gasteiger partial charge is 0.479 e. The van der Waals surface area contributed by atoms with Gasteiger partial charge in [-0.2, -0.15) is 5.10 Å². The quantitative estimate of drug-likeness (QED) is 0.673. The average Bonchev–Trinajstić information content (AvgIpc) is 2.89. The van der Waals surface area contributed by atoms with Crippen LogP contribution in [0.2, 0.25) is 0 Å². The van der Waals surface area contributed by atoms with E-state index in [1.165, 1.54) is 17.3 Å². The molecule has 1 unspecified atom stereocenters. The SMILES string of the molecule is O=C(Cn1cncn1)NC1(C(=O)O)CCOC1. The summed E-state index contributed by atoms with van der Waals surface area (Å²) in [6, 6.07) is 0. The van der Waals surface area contributed by atoms with E-state index in [-0.39, 0.29) is 19.6 Å². The highest BCUT2D eigenvalue weighted by molar-refractivity contribution is 5.87. The Morgan fingerprint density at radius 3 is 2.94 bits per heavy atom. The highest BCUT2D eigenvalue weighted by Gasteiger charge is 2.43. The first-order valence-corrected chi connectivity index (χ1v) is 5.07. The van der Waals surface area contributed by atoms with E-state index in [1.807, 2.05) is 0 Å². The molecule has 17 heavy (non-hydrogen) atoms. The van der Waals surface area contributed by atoms with Crippen LogP contribution in [0.5, 0.6) is 0 Å². The third-order valence-electron chi connectivity index (χ3n) is 2.58. The molecule has 2 N–H and O–H groups in total. The first-order valence-electron chi connectivity index (χ1n) is 5.07. The number of carboxylic acid groups (broad SMARTS) is 1. The van der Waals surface area contributed by atoms with Crippen molar-refractivity contribution >= 4 is 11.9 Å². The number of ether oxygens (including phenoxy) is 1. The van der Waals surface area contributed by atoms with Crippen LogP contribution >= 0.6 is 0 Å². The molecule has 2 rings (SSSR count). The predicted octanol–water partition coefficient (Wildman–Crippen LogP) is -1.36. The van der Waals surface area contributed by atoms with Crippen molar-refractivity contribution in [2.45, 2.75) is 18.5 Å². The molecule has 1 aliphatic rings. The van der Waals surface area contributed by atoms with Crippen LogP contribution in [-0.2, 0) is 20.9 Å². The first-order chi connectivity index (χ1) is 8.12. The molecule has 1 saturated heterocycles. The number of rotatable bonds is 4. The van der Waals surface area contributed by atoms with Gasteiger partial charge in [0.05, 0.1) is 6.61 Å². The van der Waals surface area contributed by atoms with Gasteiger partial charge in [0.1, 0.15) is 19.2 Å². The van der Waals surface area contributed by atoms with Crippen LogP contribution in [0.25, 0.3) is 0 Å². The Morgan fingerprint density at radius 2 is 2.41 bits per heavy atom. The summed E-state index contributed by atoms with van der Waals surface area (Å²) in [7, 11) is 0. The number of carbonyl (C=O) groups excluding carboxylic acids is 1. The molecule has 1 amide bonds. The van der Waals surface area contributed by atoms with Gasteiger partial charge in [-0.25, -0.2) is 14.5 Å². The summed E-state index contributed by atoms with van der Waals surface area (Å²) in [5, 5.41) is 15.4. The zero-order chi connectivity index (χ0) is 12.3. The highest BCUT2D eigenvalue weighted by Crippen LogP contribution is 2.18. The number of amides is 1. The molecule has 8 heteroatoms. The molecular formula is C9H12N4O4. The molecule has 1 aliphatic heterocycles. The van der Waals surface area contributed by atoms with E-state index in [4.69, 9.17) is 9.84 Å². The fourth-order valence-corrected chi connectivity index (χ4v) is 1.65. The van der Waals surface area contributed by atoms with Gasteiger partial charge in [0.2, 0.25) is 5.91 Å². The van der Waals surface area contributed by atoms with E-state index in [0.717, 1.165) is 0 Å². The van der Waals surface area contributed by atoms with Crippen LogP contribution < -0.4 is 5.32 Å². The summed E-state index contributed by atoms with van der Waals surface area (Å²) in [5.74, 6) is -1.51. The number of carbonyl (C=O) groups is 2. The molecule has 2 heterocycles. The summed E-state index contributed by atoms with van der Waals surface area (Å²) in [4.78, 5) is 26.5. The van der Waals surface area contributed by atoms with Crippen molar-refractivity contribution in [3.8, 4) is 0 Å². The number of hydrogen-bond acceptors (Lipinski definition) is 5. The molecule has 92 valence electrons. The second kappa shape index (κ2) is 4.50. The lowest BCUT2D eigenvalue weighted by Crippen LogP contribution is -2.55. The van der Waals surface area contributed by atoms with Crippen LogP contribution in [-0.4, -0.2) is 50.5 Å². The monoisotopic (exact) mass is 240 g/mol. The molecule has 0 aromatic carbocycles. The molecule has 1 aromatic rings. The van der Waals surface area contributed by atoms with E-state index in [9.17, 15) is 9.59 Å². The van der Waals surface area contributed by atoms with Gasteiger partial charge in [0.25, 0.3) is 0 Å². The van der Waals surface area contributed by atoms with Gasteiger partial charge in [0, 0.05) is 13.0 Å². The van der Waals surface area contributed by atoms with Gasteiger partial charge in [-0.15, -0.1) is 0 Å². The van der Waals surface area contributed by atoms with Crippen molar-refractivity contribution in [3.63, 3.8) is 0 Å². The van der Waals surface area contributed by atoms with Crippen LogP contribution in [0, 0.1) is 0 Å². The Kier molecular flexibility index (Phi) is 3.05. The van der Waals surface area contributed by atoms with Crippen molar-refractivity contribution in [1.29, 1.82) is 0 Å². The summed E-state index contributed by atoms with van der Waals surface area (Å²) < 4.78 is 6.35. The minimum absolute atomic E-state index is 0.00850. The van der Waals surface area contributed by atoms with Gasteiger partial charge >= 0.3 is 5.97 Å². The standard InChI is InChI=1S/C9H12N4O4/c14-7(3-13-6-10-5-11-13)12-9(8(15)16)1-2-17-4-9/h5-6H,1-4H2,(H,12,14)(H,15,16). The van der Waals surface area contributed by atoms with Gasteiger partial charge in [-0.05, 0) is 0 Å². The minimum atomic E-state index is -1.31. The lowest BCUT2D eigenvalue weighted by Gasteiger charge is -2.23. The second-order valence-corrected chi connectivity index (χ2v) is 3.83. The van der Waals surface area contributed by atoms with Crippen molar-refractivity contribution in [3.05, 3.63) is 12.7 Å². The molecule has 0 spiro atoms. The number of nitrogens with one attached hydrogen (secondary N) is 1. The zero-order valence-corrected chi connectivity index (χ0v) is 9.00. The maximum atomic E-state index is 11.7. The average molecular weight is 240 g/mol. The summed E-state index contributed by atoms with van der Waals surface area (Å²) in [6.07, 6.45) is 2.96. The van der Waals surface area contributed by atoms with Crippen LogP contribution in [0.1, 0.15) is 6.42 Å². The summed E-state index contributed by atoms with van der Waals surface area (Å²) in [6.45, 7) is 0.260. The van der Waals surface area contributed by atoms with E-state index < -0.39 is 17.4 Å². The van der Waals surface area contributed by atoms with Gasteiger partial charge in [-0.1, -0.05) is 0 Å². The van der Waals surface area contributed by atoms with Crippen molar-refractivity contribution in [2.75, 3.05) is 13.2 Å².